The van der Waals surface area contributed by atoms with Crippen molar-refractivity contribution in [2.24, 2.45) is 5.92 Å². The van der Waals surface area contributed by atoms with Crippen molar-refractivity contribution in [2.45, 2.75) is 25.8 Å². The van der Waals surface area contributed by atoms with Crippen LogP contribution in [-0.4, -0.2) is 33.9 Å². The first-order valence-corrected chi connectivity index (χ1v) is 8.21. The largest absolute Gasteiger partial charge is 0.297 e. The van der Waals surface area contributed by atoms with E-state index in [0.29, 0.717) is 5.95 Å². The standard InChI is InChI=1S/C18H21FN4O/c1-13(14-3-5-16(19)6-4-14)23-11-7-15(8-12-23)17(24)22-18-20-9-2-10-21-18/h2-6,9-10,13,15H,7-8,11-12H2,1H3,(H,20,21,22,24). The Morgan fingerprint density at radius 1 is 1.21 bits per heavy atom. The van der Waals surface area contributed by atoms with Crippen LogP contribution in [-0.2, 0) is 4.79 Å². The molecule has 0 radical (unpaired) electrons. The van der Waals surface area contributed by atoms with Crippen molar-refractivity contribution in [3.8, 4) is 0 Å². The molecule has 2 aromatic rings. The monoisotopic (exact) mass is 328 g/mol. The van der Waals surface area contributed by atoms with E-state index in [0.717, 1.165) is 31.5 Å². The van der Waals surface area contributed by atoms with Crippen molar-refractivity contribution in [2.75, 3.05) is 18.4 Å². The molecule has 1 unspecified atom stereocenters. The van der Waals surface area contributed by atoms with E-state index in [1.54, 1.807) is 18.5 Å². The molecule has 3 rings (SSSR count). The van der Waals surface area contributed by atoms with Gasteiger partial charge in [0.25, 0.3) is 0 Å². The van der Waals surface area contributed by atoms with Crippen LogP contribution < -0.4 is 5.32 Å². The molecule has 5 nitrogen and oxygen atoms in total. The number of hydrogen-bond acceptors (Lipinski definition) is 4. The first kappa shape index (κ1) is 16.5. The Balaban J connectivity index is 1.53. The fourth-order valence-electron chi connectivity index (χ4n) is 3.08. The summed E-state index contributed by atoms with van der Waals surface area (Å²) in [6.45, 7) is 3.80. The molecule has 2 heterocycles. The van der Waals surface area contributed by atoms with Gasteiger partial charge in [0.2, 0.25) is 11.9 Å². The fourth-order valence-corrected chi connectivity index (χ4v) is 3.08. The van der Waals surface area contributed by atoms with Crippen LogP contribution in [0.1, 0.15) is 31.4 Å². The Hall–Kier alpha value is -2.34. The van der Waals surface area contributed by atoms with E-state index in [2.05, 4.69) is 27.1 Å². The van der Waals surface area contributed by atoms with Crippen LogP contribution in [0.2, 0.25) is 0 Å². The van der Waals surface area contributed by atoms with E-state index in [9.17, 15) is 9.18 Å². The van der Waals surface area contributed by atoms with Gasteiger partial charge in [0.05, 0.1) is 0 Å². The third kappa shape index (κ3) is 3.94. The van der Waals surface area contributed by atoms with E-state index in [-0.39, 0.29) is 23.7 Å². The third-order valence-electron chi connectivity index (χ3n) is 4.60. The number of hydrogen-bond donors (Lipinski definition) is 1. The zero-order valence-corrected chi connectivity index (χ0v) is 13.7. The number of amides is 1. The van der Waals surface area contributed by atoms with Crippen molar-refractivity contribution >= 4 is 11.9 Å². The van der Waals surface area contributed by atoms with Crippen LogP contribution in [0.3, 0.4) is 0 Å². The van der Waals surface area contributed by atoms with E-state index in [1.807, 2.05) is 12.1 Å². The quantitative estimate of drug-likeness (QED) is 0.937. The summed E-state index contributed by atoms with van der Waals surface area (Å²) >= 11 is 0. The van der Waals surface area contributed by atoms with Gasteiger partial charge in [-0.25, -0.2) is 14.4 Å². The molecule has 1 aromatic carbocycles. The van der Waals surface area contributed by atoms with Gasteiger partial charge in [-0.15, -0.1) is 0 Å². The van der Waals surface area contributed by atoms with Gasteiger partial charge in [-0.2, -0.15) is 0 Å². The number of halogens is 1. The Morgan fingerprint density at radius 2 is 1.83 bits per heavy atom. The summed E-state index contributed by atoms with van der Waals surface area (Å²) in [5.41, 5.74) is 1.09. The number of nitrogens with zero attached hydrogens (tertiary/aromatic N) is 3. The second kappa shape index (κ2) is 7.49. The highest BCUT2D eigenvalue weighted by molar-refractivity contribution is 5.90. The van der Waals surface area contributed by atoms with Crippen molar-refractivity contribution in [3.05, 3.63) is 54.1 Å². The minimum atomic E-state index is -0.218. The number of carbonyl (C=O) groups excluding carboxylic acids is 1. The van der Waals surface area contributed by atoms with Gasteiger partial charge in [0.15, 0.2) is 0 Å². The maximum atomic E-state index is 13.0. The summed E-state index contributed by atoms with van der Waals surface area (Å²) in [7, 11) is 0. The van der Waals surface area contributed by atoms with Gasteiger partial charge >= 0.3 is 0 Å². The third-order valence-corrected chi connectivity index (χ3v) is 4.60. The van der Waals surface area contributed by atoms with Crippen LogP contribution in [0.15, 0.2) is 42.7 Å². The van der Waals surface area contributed by atoms with Crippen LogP contribution in [0.4, 0.5) is 10.3 Å². The van der Waals surface area contributed by atoms with Crippen molar-refractivity contribution in [3.63, 3.8) is 0 Å². The van der Waals surface area contributed by atoms with Gasteiger partial charge < -0.3 is 0 Å². The summed E-state index contributed by atoms with van der Waals surface area (Å²) in [5, 5.41) is 2.77. The second-order valence-corrected chi connectivity index (χ2v) is 6.10. The zero-order valence-electron chi connectivity index (χ0n) is 13.7. The van der Waals surface area contributed by atoms with E-state index >= 15 is 0 Å². The second-order valence-electron chi connectivity index (χ2n) is 6.10. The first-order chi connectivity index (χ1) is 11.6. The number of benzene rings is 1. The minimum absolute atomic E-state index is 0.0183. The minimum Gasteiger partial charge on any atom is -0.297 e. The molecule has 0 spiro atoms. The van der Waals surface area contributed by atoms with Gasteiger partial charge in [0, 0.05) is 24.4 Å². The van der Waals surface area contributed by atoms with Gasteiger partial charge in [-0.05, 0) is 56.6 Å². The number of carbonyl (C=O) groups is 1. The zero-order chi connectivity index (χ0) is 16.9. The number of aromatic nitrogens is 2. The van der Waals surface area contributed by atoms with Gasteiger partial charge in [0.1, 0.15) is 5.82 Å². The molecule has 0 saturated carbocycles. The highest BCUT2D eigenvalue weighted by Gasteiger charge is 2.28. The molecular formula is C18H21FN4O. The SMILES string of the molecule is CC(c1ccc(F)cc1)N1CCC(C(=O)Nc2ncccn2)CC1. The topological polar surface area (TPSA) is 58.1 Å². The first-order valence-electron chi connectivity index (χ1n) is 8.21. The number of likely N-dealkylation sites (tertiary alicyclic amines) is 1. The molecule has 1 saturated heterocycles. The lowest BCUT2D eigenvalue weighted by Gasteiger charge is -2.35. The van der Waals surface area contributed by atoms with Crippen molar-refractivity contribution < 1.29 is 9.18 Å². The smallest absolute Gasteiger partial charge is 0.229 e. The molecule has 1 aliphatic heterocycles. The molecule has 126 valence electrons. The maximum Gasteiger partial charge on any atom is 0.229 e. The molecule has 1 amide bonds. The lowest BCUT2D eigenvalue weighted by Crippen LogP contribution is -2.39. The Labute approximate surface area is 140 Å². The Morgan fingerprint density at radius 3 is 2.46 bits per heavy atom. The number of rotatable bonds is 4. The number of anilines is 1. The van der Waals surface area contributed by atoms with E-state index in [1.165, 1.54) is 12.1 Å². The molecule has 1 aliphatic rings. The summed E-state index contributed by atoms with van der Waals surface area (Å²) in [5.74, 6) is 0.0924. The van der Waals surface area contributed by atoms with Crippen LogP contribution >= 0.6 is 0 Å². The lowest BCUT2D eigenvalue weighted by atomic mass is 9.94. The molecule has 1 atom stereocenters. The number of piperidine rings is 1. The predicted molar refractivity (Wildman–Crippen MR) is 89.8 cm³/mol. The lowest BCUT2D eigenvalue weighted by molar-refractivity contribution is -0.121. The molecule has 1 aromatic heterocycles. The van der Waals surface area contributed by atoms with Crippen molar-refractivity contribution in [1.29, 1.82) is 0 Å². The summed E-state index contributed by atoms with van der Waals surface area (Å²) in [4.78, 5) is 22.7. The summed E-state index contributed by atoms with van der Waals surface area (Å²) in [6.07, 6.45) is 4.81. The van der Waals surface area contributed by atoms with E-state index in [4.69, 9.17) is 0 Å². The molecule has 6 heteroatoms. The normalized spacial score (nSPS) is 17.4. The molecule has 1 fully saturated rings. The summed E-state index contributed by atoms with van der Waals surface area (Å²) in [6, 6.07) is 8.56. The van der Waals surface area contributed by atoms with Crippen LogP contribution in [0.25, 0.3) is 0 Å². The Bertz CT molecular complexity index is 669. The van der Waals surface area contributed by atoms with Crippen LogP contribution in [0.5, 0.6) is 0 Å². The van der Waals surface area contributed by atoms with Crippen LogP contribution in [0, 0.1) is 11.7 Å². The highest BCUT2D eigenvalue weighted by atomic mass is 19.1. The molecule has 24 heavy (non-hydrogen) atoms. The van der Waals surface area contributed by atoms with Gasteiger partial charge in [-0.1, -0.05) is 12.1 Å². The molecule has 1 N–H and O–H groups in total. The highest BCUT2D eigenvalue weighted by Crippen LogP contribution is 2.27. The Kier molecular flexibility index (Phi) is 5.15. The summed E-state index contributed by atoms with van der Waals surface area (Å²) < 4.78 is 13.0. The molecular weight excluding hydrogens is 307 g/mol. The number of nitrogens with one attached hydrogen (secondary N) is 1. The maximum absolute atomic E-state index is 13.0. The fraction of sp³-hybridized carbons (Fsp3) is 0.389. The average molecular weight is 328 g/mol. The van der Waals surface area contributed by atoms with Crippen molar-refractivity contribution in [1.82, 2.24) is 14.9 Å². The predicted octanol–water partition coefficient (Wildman–Crippen LogP) is 3.03. The average Bonchev–Trinajstić information content (AvgIpc) is 2.63. The molecule has 0 aliphatic carbocycles. The van der Waals surface area contributed by atoms with E-state index < -0.39 is 0 Å². The molecule has 0 bridgehead atoms. The van der Waals surface area contributed by atoms with Gasteiger partial charge in [-0.3, -0.25) is 15.0 Å².